The Morgan fingerprint density at radius 1 is 0.583 bits per heavy atom. The van der Waals surface area contributed by atoms with Gasteiger partial charge in [0, 0.05) is 65.4 Å². The van der Waals surface area contributed by atoms with Gasteiger partial charge >= 0.3 is 0 Å². The summed E-state index contributed by atoms with van der Waals surface area (Å²) in [5, 5.41) is 2.32. The summed E-state index contributed by atoms with van der Waals surface area (Å²) in [7, 11) is 0. The molecule has 0 N–H and O–H groups in total. The third kappa shape index (κ3) is 4.11. The molecule has 2 heteroatoms. The largest absolute Gasteiger partial charge is 0.227 e. The van der Waals surface area contributed by atoms with Crippen LogP contribution in [0.5, 0.6) is 0 Å². The van der Waals surface area contributed by atoms with Crippen LogP contribution in [0.15, 0.2) is 72.8 Å². The molecule has 0 aromatic heterocycles. The summed E-state index contributed by atoms with van der Waals surface area (Å²) in [4.78, 5) is 0. The van der Waals surface area contributed by atoms with Crippen LogP contribution in [0.1, 0.15) is 0 Å². The molecule has 2 radical (unpaired) electrons. The van der Waals surface area contributed by atoms with E-state index in [0.29, 0.717) is 0 Å². The number of benzene rings is 4. The molecule has 0 aliphatic heterocycles. The molecule has 0 unspecified atom stereocenters. The van der Waals surface area contributed by atoms with E-state index in [2.05, 4.69) is 48.5 Å². The van der Waals surface area contributed by atoms with Crippen LogP contribution in [0.4, 0.5) is 0 Å². The van der Waals surface area contributed by atoms with Crippen LogP contribution in [-0.2, 0) is 65.4 Å². The van der Waals surface area contributed by atoms with Gasteiger partial charge in [-0.2, -0.15) is 89.6 Å². The van der Waals surface area contributed by atoms with Gasteiger partial charge in [-0.1, -0.05) is 0 Å². The molecule has 0 fully saturated rings. The van der Waals surface area contributed by atoms with E-state index >= 15 is 0 Å². The molecular formula is C22H12Y2-4. The van der Waals surface area contributed by atoms with Gasteiger partial charge in [0.1, 0.15) is 0 Å². The molecule has 0 heterocycles. The zero-order valence-electron chi connectivity index (χ0n) is 13.1. The fourth-order valence-electron chi connectivity index (χ4n) is 2.64. The van der Waals surface area contributed by atoms with Crippen LogP contribution in [-0.4, -0.2) is 0 Å². The Balaban J connectivity index is 0.00000104. The van der Waals surface area contributed by atoms with Crippen molar-refractivity contribution >= 4 is 10.8 Å². The zero-order chi connectivity index (χ0) is 14.8. The van der Waals surface area contributed by atoms with Gasteiger partial charge in [-0.25, -0.2) is 22.3 Å². The molecule has 0 saturated carbocycles. The molecule has 0 saturated heterocycles. The minimum atomic E-state index is 0. The van der Waals surface area contributed by atoms with Crippen LogP contribution >= 0.6 is 0 Å². The second-order valence-electron chi connectivity index (χ2n) is 5.12. The average Bonchev–Trinajstić information content (AvgIpc) is 2.62. The maximum atomic E-state index is 3.37. The van der Waals surface area contributed by atoms with Crippen LogP contribution in [0.2, 0.25) is 0 Å². The summed E-state index contributed by atoms with van der Waals surface area (Å²) in [5.41, 5.74) is 4.24. The number of hydrogen-bond acceptors (Lipinski definition) is 0. The molecule has 0 aliphatic rings. The third-order valence-electron chi connectivity index (χ3n) is 3.72. The van der Waals surface area contributed by atoms with E-state index in [1.54, 1.807) is 0 Å². The Kier molecular flexibility index (Phi) is 7.51. The summed E-state index contributed by atoms with van der Waals surface area (Å²) in [5.74, 6) is 0. The first-order chi connectivity index (χ1) is 10.9. The van der Waals surface area contributed by atoms with Gasteiger partial charge in [0.15, 0.2) is 0 Å². The minimum Gasteiger partial charge on any atom is -0.227 e. The van der Waals surface area contributed by atoms with Crippen LogP contribution in [0, 0.1) is 24.3 Å². The van der Waals surface area contributed by atoms with E-state index in [4.69, 9.17) is 0 Å². The monoisotopic (exact) mass is 454 g/mol. The van der Waals surface area contributed by atoms with E-state index in [9.17, 15) is 0 Å². The van der Waals surface area contributed by atoms with Gasteiger partial charge in [-0.3, -0.25) is 0 Å². The molecule has 24 heavy (non-hydrogen) atoms. The zero-order valence-corrected chi connectivity index (χ0v) is 18.8. The van der Waals surface area contributed by atoms with E-state index in [-0.39, 0.29) is 65.4 Å². The molecule has 0 amide bonds. The van der Waals surface area contributed by atoms with Crippen molar-refractivity contribution in [1.29, 1.82) is 0 Å². The summed E-state index contributed by atoms with van der Waals surface area (Å²) >= 11 is 0. The number of rotatable bonds is 2. The van der Waals surface area contributed by atoms with Crippen molar-refractivity contribution < 1.29 is 65.4 Å². The molecule has 0 bridgehead atoms. The van der Waals surface area contributed by atoms with Crippen LogP contribution in [0.3, 0.4) is 0 Å². The summed E-state index contributed by atoms with van der Waals surface area (Å²) < 4.78 is 0. The van der Waals surface area contributed by atoms with Crippen molar-refractivity contribution in [3.05, 3.63) is 97.1 Å². The Morgan fingerprint density at radius 2 is 1.29 bits per heavy atom. The minimum absolute atomic E-state index is 0. The second-order valence-corrected chi connectivity index (χ2v) is 5.12. The Bertz CT molecular complexity index is 916. The molecule has 0 spiro atoms. The first kappa shape index (κ1) is 19.7. The van der Waals surface area contributed by atoms with Crippen LogP contribution in [0.25, 0.3) is 33.0 Å². The van der Waals surface area contributed by atoms with Gasteiger partial charge in [0.2, 0.25) is 0 Å². The molecular weight excluding hydrogens is 442 g/mol. The van der Waals surface area contributed by atoms with E-state index in [0.717, 1.165) is 27.6 Å². The summed E-state index contributed by atoms with van der Waals surface area (Å²) in [6, 6.07) is 37.4. The second kappa shape index (κ2) is 9.16. The molecule has 4 rings (SSSR count). The van der Waals surface area contributed by atoms with Gasteiger partial charge in [-0.15, -0.1) is 18.2 Å². The SMILES string of the molecule is [Y].[Y].[c-]1ccccc1-c1[c-]cc2c(-c3[c-]cccc3)[c-]ccc2c1. The average molecular weight is 454 g/mol. The maximum Gasteiger partial charge on any atom is 0 e. The molecule has 110 valence electrons. The summed E-state index contributed by atoms with van der Waals surface area (Å²) in [6.45, 7) is 0. The molecule has 0 aliphatic carbocycles. The van der Waals surface area contributed by atoms with Crippen molar-refractivity contribution in [3.63, 3.8) is 0 Å². The van der Waals surface area contributed by atoms with Gasteiger partial charge in [0.05, 0.1) is 0 Å². The van der Waals surface area contributed by atoms with Crippen LogP contribution < -0.4 is 0 Å². The first-order valence-electron chi connectivity index (χ1n) is 7.22. The van der Waals surface area contributed by atoms with Crippen molar-refractivity contribution in [3.8, 4) is 22.3 Å². The van der Waals surface area contributed by atoms with Crippen molar-refractivity contribution in [2.45, 2.75) is 0 Å². The smallest absolute Gasteiger partial charge is 0 e. The van der Waals surface area contributed by atoms with Gasteiger partial charge in [0.25, 0.3) is 0 Å². The Morgan fingerprint density at radius 3 is 1.96 bits per heavy atom. The molecule has 0 atom stereocenters. The maximum absolute atomic E-state index is 3.37. The standard InChI is InChI=1S/C22H12.2Y/c1-3-8-17(9-4-1)19-14-15-22-20(16-19)12-7-13-21(22)18-10-5-2-6-11-18;;/h1-8,10,12,15-16H;;/q-4;;. The normalized spacial score (nSPS) is 9.83. The molecule has 0 nitrogen and oxygen atoms in total. The fraction of sp³-hybridized carbons (Fsp3) is 0. The third-order valence-corrected chi connectivity index (χ3v) is 3.72. The Labute approximate surface area is 193 Å². The van der Waals surface area contributed by atoms with Gasteiger partial charge < -0.3 is 0 Å². The molecule has 4 aromatic rings. The predicted molar refractivity (Wildman–Crippen MR) is 90.2 cm³/mol. The number of fused-ring (bicyclic) bond motifs is 1. The van der Waals surface area contributed by atoms with E-state index in [1.807, 2.05) is 48.5 Å². The summed E-state index contributed by atoms with van der Waals surface area (Å²) in [6.07, 6.45) is 0. The fourth-order valence-corrected chi connectivity index (χ4v) is 2.64. The predicted octanol–water partition coefficient (Wildman–Crippen LogP) is 5.37. The van der Waals surface area contributed by atoms with Crippen molar-refractivity contribution in [1.82, 2.24) is 0 Å². The Hall–Kier alpha value is -0.652. The number of hydrogen-bond donors (Lipinski definition) is 0. The van der Waals surface area contributed by atoms with Crippen molar-refractivity contribution in [2.24, 2.45) is 0 Å². The quantitative estimate of drug-likeness (QED) is 0.358. The first-order valence-corrected chi connectivity index (χ1v) is 7.22. The topological polar surface area (TPSA) is 0 Å². The molecule has 4 aromatic carbocycles. The van der Waals surface area contributed by atoms with E-state index in [1.165, 1.54) is 5.39 Å². The van der Waals surface area contributed by atoms with Crippen molar-refractivity contribution in [2.75, 3.05) is 0 Å². The van der Waals surface area contributed by atoms with Gasteiger partial charge in [-0.05, 0) is 0 Å². The van der Waals surface area contributed by atoms with E-state index < -0.39 is 0 Å².